The first-order chi connectivity index (χ1) is 9.62. The summed E-state index contributed by atoms with van der Waals surface area (Å²) in [6.07, 6.45) is 4.01. The highest BCUT2D eigenvalue weighted by Crippen LogP contribution is 2.18. The van der Waals surface area contributed by atoms with Crippen LogP contribution in [0.25, 0.3) is 0 Å². The lowest BCUT2D eigenvalue weighted by atomic mass is 10.4. The highest BCUT2D eigenvalue weighted by Gasteiger charge is 2.15. The van der Waals surface area contributed by atoms with Crippen molar-refractivity contribution in [3.05, 3.63) is 28.7 Å². The van der Waals surface area contributed by atoms with Gasteiger partial charge in [0.25, 0.3) is 0 Å². The number of nitrogens with one attached hydrogen (secondary N) is 2. The molecule has 0 fully saturated rings. The van der Waals surface area contributed by atoms with Crippen molar-refractivity contribution in [2.75, 3.05) is 13.6 Å². The molecule has 2 heterocycles. The average molecular weight is 315 g/mol. The van der Waals surface area contributed by atoms with Crippen molar-refractivity contribution in [2.45, 2.75) is 24.4 Å². The van der Waals surface area contributed by atoms with E-state index in [2.05, 4.69) is 20.4 Å². The lowest BCUT2D eigenvalue weighted by molar-refractivity contribution is 0.542. The van der Waals surface area contributed by atoms with E-state index < -0.39 is 10.0 Å². The molecule has 0 saturated carbocycles. The minimum Gasteiger partial charge on any atom is -0.315 e. The highest BCUT2D eigenvalue weighted by molar-refractivity contribution is 7.89. The molecule has 110 valence electrons. The molecule has 0 aliphatic rings. The van der Waals surface area contributed by atoms with Crippen molar-refractivity contribution in [3.63, 3.8) is 0 Å². The predicted octanol–water partition coefficient (Wildman–Crippen LogP) is 0.428. The van der Waals surface area contributed by atoms with E-state index in [1.165, 1.54) is 11.3 Å². The van der Waals surface area contributed by atoms with E-state index in [-0.39, 0.29) is 0 Å². The maximum Gasteiger partial charge on any atom is 0.241 e. The first-order valence-corrected chi connectivity index (χ1v) is 8.54. The number of nitrogens with zero attached hydrogens (tertiary/aromatic N) is 3. The van der Waals surface area contributed by atoms with Gasteiger partial charge < -0.3 is 5.32 Å². The number of hydrogen-bond donors (Lipinski definition) is 2. The van der Waals surface area contributed by atoms with Crippen molar-refractivity contribution < 1.29 is 8.42 Å². The molecule has 7 nitrogen and oxygen atoms in total. The minimum atomic E-state index is -3.41. The van der Waals surface area contributed by atoms with Crippen LogP contribution < -0.4 is 10.0 Å². The third kappa shape index (κ3) is 4.10. The van der Waals surface area contributed by atoms with Crippen LogP contribution in [0.2, 0.25) is 0 Å². The molecule has 0 aliphatic heterocycles. The second-order valence-corrected chi connectivity index (χ2v) is 6.96. The van der Waals surface area contributed by atoms with Crippen molar-refractivity contribution in [1.29, 1.82) is 0 Å². The standard InChI is InChI=1S/C11H17N5O2S2/c1-12-8-10-7-11(9-19-10)20(17,18)14-3-2-5-16-6-4-13-15-16/h4,6-7,9,12,14H,2-3,5,8H2,1H3. The van der Waals surface area contributed by atoms with Gasteiger partial charge in [-0.2, -0.15) is 0 Å². The Morgan fingerprint density at radius 3 is 3.00 bits per heavy atom. The van der Waals surface area contributed by atoms with E-state index in [0.717, 1.165) is 4.88 Å². The Bertz CT molecular complexity index is 621. The molecule has 0 spiro atoms. The van der Waals surface area contributed by atoms with E-state index in [1.54, 1.807) is 28.5 Å². The van der Waals surface area contributed by atoms with Gasteiger partial charge in [-0.25, -0.2) is 13.1 Å². The predicted molar refractivity (Wildman–Crippen MR) is 76.9 cm³/mol. The van der Waals surface area contributed by atoms with Gasteiger partial charge in [0.15, 0.2) is 0 Å². The Kier molecular flexibility index (Phi) is 5.24. The molecule has 0 radical (unpaired) electrons. The zero-order valence-electron chi connectivity index (χ0n) is 11.1. The van der Waals surface area contributed by atoms with Gasteiger partial charge in [-0.1, -0.05) is 5.21 Å². The summed E-state index contributed by atoms with van der Waals surface area (Å²) in [5.74, 6) is 0. The normalized spacial score (nSPS) is 11.8. The van der Waals surface area contributed by atoms with Crippen LogP contribution in [-0.2, 0) is 23.1 Å². The van der Waals surface area contributed by atoms with Crippen molar-refractivity contribution >= 4 is 21.4 Å². The molecule has 2 aromatic heterocycles. The quantitative estimate of drug-likeness (QED) is 0.690. The summed E-state index contributed by atoms with van der Waals surface area (Å²) in [7, 11) is -1.58. The van der Waals surface area contributed by atoms with Gasteiger partial charge in [-0.15, -0.1) is 16.4 Å². The van der Waals surface area contributed by atoms with Crippen LogP contribution in [0.3, 0.4) is 0 Å². The van der Waals surface area contributed by atoms with E-state index in [9.17, 15) is 8.42 Å². The summed E-state index contributed by atoms with van der Waals surface area (Å²) in [6, 6.07) is 1.70. The molecular formula is C11H17N5O2S2. The summed E-state index contributed by atoms with van der Waals surface area (Å²) in [5.41, 5.74) is 0. The minimum absolute atomic E-state index is 0.327. The van der Waals surface area contributed by atoms with Gasteiger partial charge in [0.2, 0.25) is 10.0 Å². The molecule has 2 rings (SSSR count). The molecule has 0 aromatic carbocycles. The van der Waals surface area contributed by atoms with Gasteiger partial charge in [-0.05, 0) is 19.5 Å². The third-order valence-corrected chi connectivity index (χ3v) is 5.15. The van der Waals surface area contributed by atoms with Crippen LogP contribution in [0.4, 0.5) is 0 Å². The summed E-state index contributed by atoms with van der Waals surface area (Å²) >= 11 is 1.43. The number of rotatable bonds is 8. The Labute approximate surface area is 122 Å². The monoisotopic (exact) mass is 315 g/mol. The lowest BCUT2D eigenvalue weighted by Crippen LogP contribution is -2.25. The fourth-order valence-electron chi connectivity index (χ4n) is 1.65. The zero-order valence-corrected chi connectivity index (χ0v) is 12.7. The Morgan fingerprint density at radius 2 is 2.30 bits per heavy atom. The smallest absolute Gasteiger partial charge is 0.241 e. The fraction of sp³-hybridized carbons (Fsp3) is 0.455. The van der Waals surface area contributed by atoms with Crippen LogP contribution >= 0.6 is 11.3 Å². The molecule has 0 atom stereocenters. The summed E-state index contributed by atoms with van der Waals surface area (Å²) < 4.78 is 28.4. The molecule has 0 saturated heterocycles. The molecule has 20 heavy (non-hydrogen) atoms. The maximum atomic E-state index is 12.1. The average Bonchev–Trinajstić information content (AvgIpc) is 3.06. The molecule has 0 amide bonds. The van der Waals surface area contributed by atoms with E-state index in [1.807, 2.05) is 7.05 Å². The van der Waals surface area contributed by atoms with Crippen molar-refractivity contribution in [3.8, 4) is 0 Å². The fourth-order valence-corrected chi connectivity index (χ4v) is 4.01. The van der Waals surface area contributed by atoms with E-state index >= 15 is 0 Å². The number of aromatic nitrogens is 3. The lowest BCUT2D eigenvalue weighted by Gasteiger charge is -2.04. The highest BCUT2D eigenvalue weighted by atomic mass is 32.2. The second kappa shape index (κ2) is 6.93. The summed E-state index contributed by atoms with van der Waals surface area (Å²) in [4.78, 5) is 1.32. The SMILES string of the molecule is CNCc1cc(S(=O)(=O)NCCCn2ccnn2)cs1. The van der Waals surface area contributed by atoms with E-state index in [4.69, 9.17) is 0 Å². The molecule has 2 N–H and O–H groups in total. The van der Waals surface area contributed by atoms with Crippen LogP contribution in [-0.4, -0.2) is 37.0 Å². The number of thiophene rings is 1. The molecule has 2 aromatic rings. The van der Waals surface area contributed by atoms with Gasteiger partial charge in [0, 0.05) is 36.1 Å². The van der Waals surface area contributed by atoms with Crippen molar-refractivity contribution in [1.82, 2.24) is 25.0 Å². The van der Waals surface area contributed by atoms with Crippen LogP contribution in [0.1, 0.15) is 11.3 Å². The Hall–Kier alpha value is -1.29. The third-order valence-electron chi connectivity index (χ3n) is 2.62. The maximum absolute atomic E-state index is 12.1. The van der Waals surface area contributed by atoms with Gasteiger partial charge in [0.1, 0.15) is 0 Å². The Morgan fingerprint density at radius 1 is 1.45 bits per heavy atom. The van der Waals surface area contributed by atoms with Crippen LogP contribution in [0.5, 0.6) is 0 Å². The second-order valence-electron chi connectivity index (χ2n) is 4.20. The molecular weight excluding hydrogens is 298 g/mol. The number of hydrogen-bond acceptors (Lipinski definition) is 6. The number of aryl methyl sites for hydroxylation is 1. The first kappa shape index (κ1) is 15.1. The van der Waals surface area contributed by atoms with Gasteiger partial charge in [0.05, 0.1) is 11.1 Å². The largest absolute Gasteiger partial charge is 0.315 e. The molecule has 0 bridgehead atoms. The topological polar surface area (TPSA) is 88.9 Å². The van der Waals surface area contributed by atoms with Gasteiger partial charge >= 0.3 is 0 Å². The van der Waals surface area contributed by atoms with E-state index in [0.29, 0.717) is 31.0 Å². The summed E-state index contributed by atoms with van der Waals surface area (Å²) in [6.45, 7) is 1.68. The summed E-state index contributed by atoms with van der Waals surface area (Å²) in [5, 5.41) is 12.2. The first-order valence-electron chi connectivity index (χ1n) is 6.17. The molecule has 9 heteroatoms. The van der Waals surface area contributed by atoms with Crippen LogP contribution in [0.15, 0.2) is 28.7 Å². The Balaban J connectivity index is 1.83. The van der Waals surface area contributed by atoms with Crippen molar-refractivity contribution in [2.24, 2.45) is 0 Å². The number of sulfonamides is 1. The molecule has 0 unspecified atom stereocenters. The molecule has 0 aliphatic carbocycles. The van der Waals surface area contributed by atoms with Crippen LogP contribution in [0, 0.1) is 0 Å². The van der Waals surface area contributed by atoms with Gasteiger partial charge in [-0.3, -0.25) is 4.68 Å². The zero-order chi connectivity index (χ0) is 14.4.